The van der Waals surface area contributed by atoms with E-state index in [4.69, 9.17) is 4.74 Å². The molecule has 25 heavy (non-hydrogen) atoms. The van der Waals surface area contributed by atoms with Gasteiger partial charge in [-0.15, -0.1) is 0 Å². The van der Waals surface area contributed by atoms with Crippen LogP contribution < -0.4 is 0 Å². The van der Waals surface area contributed by atoms with Crippen molar-refractivity contribution in [2.24, 2.45) is 11.8 Å². The molecule has 1 fully saturated rings. The molecule has 2 unspecified atom stereocenters. The van der Waals surface area contributed by atoms with Gasteiger partial charge in [-0.1, -0.05) is 31.5 Å². The van der Waals surface area contributed by atoms with Crippen molar-refractivity contribution in [1.29, 1.82) is 0 Å². The lowest BCUT2D eigenvalue weighted by Gasteiger charge is -2.37. The summed E-state index contributed by atoms with van der Waals surface area (Å²) in [7, 11) is 1.51. The van der Waals surface area contributed by atoms with E-state index in [0.29, 0.717) is 5.92 Å². The molecule has 1 aromatic heterocycles. The first-order valence-corrected chi connectivity index (χ1v) is 9.59. The van der Waals surface area contributed by atoms with Gasteiger partial charge in [-0.05, 0) is 42.7 Å². The molecular formula is C21H28N2O2. The van der Waals surface area contributed by atoms with Gasteiger partial charge in [0.05, 0.1) is 13.0 Å². The second kappa shape index (κ2) is 6.83. The van der Waals surface area contributed by atoms with E-state index in [9.17, 15) is 4.79 Å². The van der Waals surface area contributed by atoms with Crippen molar-refractivity contribution in [3.8, 4) is 0 Å². The third-order valence-electron chi connectivity index (χ3n) is 6.20. The van der Waals surface area contributed by atoms with Crippen molar-refractivity contribution in [3.05, 3.63) is 35.5 Å². The van der Waals surface area contributed by atoms with Crippen LogP contribution in [-0.2, 0) is 16.0 Å². The Morgan fingerprint density at radius 2 is 2.12 bits per heavy atom. The lowest BCUT2D eigenvalue weighted by atomic mass is 9.81. The van der Waals surface area contributed by atoms with Crippen LogP contribution in [0.3, 0.4) is 0 Å². The van der Waals surface area contributed by atoms with E-state index < -0.39 is 0 Å². The highest BCUT2D eigenvalue weighted by atomic mass is 16.5. The summed E-state index contributed by atoms with van der Waals surface area (Å²) in [5.41, 5.74) is 3.54. The molecule has 4 heteroatoms. The Hall–Kier alpha value is -1.81. The molecule has 0 aliphatic carbocycles. The monoisotopic (exact) mass is 340 g/mol. The fraction of sp³-hybridized carbons (Fsp3) is 0.571. The molecule has 0 radical (unpaired) electrons. The number of aromatic amines is 1. The number of para-hydroxylation sites is 1. The maximum atomic E-state index is 12.6. The van der Waals surface area contributed by atoms with E-state index in [1.54, 1.807) is 0 Å². The number of rotatable bonds is 2. The summed E-state index contributed by atoms with van der Waals surface area (Å²) < 4.78 is 5.20. The van der Waals surface area contributed by atoms with Crippen LogP contribution in [0.4, 0.5) is 0 Å². The zero-order valence-corrected chi connectivity index (χ0v) is 15.3. The number of aromatic nitrogens is 1. The number of esters is 1. The Morgan fingerprint density at radius 1 is 1.28 bits per heavy atom. The number of carbonyl (C=O) groups is 1. The molecule has 0 saturated carbocycles. The van der Waals surface area contributed by atoms with E-state index in [0.717, 1.165) is 43.1 Å². The number of hydrogen-bond donors (Lipinski definition) is 1. The summed E-state index contributed by atoms with van der Waals surface area (Å²) in [5, 5.41) is 1.26. The minimum Gasteiger partial charge on any atom is -0.469 e. The third kappa shape index (κ3) is 3.08. The summed E-state index contributed by atoms with van der Waals surface area (Å²) in [6.07, 6.45) is 4.34. The quantitative estimate of drug-likeness (QED) is 0.848. The van der Waals surface area contributed by atoms with Gasteiger partial charge in [0.1, 0.15) is 0 Å². The molecule has 2 bridgehead atoms. The Kier molecular flexibility index (Phi) is 4.55. The smallest absolute Gasteiger partial charge is 0.314 e. The summed E-state index contributed by atoms with van der Waals surface area (Å²) in [6, 6.07) is 8.42. The van der Waals surface area contributed by atoms with Crippen LogP contribution in [0.1, 0.15) is 43.4 Å². The predicted octanol–water partition coefficient (Wildman–Crippen LogP) is 3.72. The normalized spacial score (nSPS) is 29.4. The van der Waals surface area contributed by atoms with Crippen molar-refractivity contribution < 1.29 is 9.53 Å². The van der Waals surface area contributed by atoms with Crippen molar-refractivity contribution in [1.82, 2.24) is 9.88 Å². The van der Waals surface area contributed by atoms with Crippen LogP contribution in [-0.4, -0.2) is 42.6 Å². The van der Waals surface area contributed by atoms with Crippen LogP contribution >= 0.6 is 0 Å². The second-order valence-corrected chi connectivity index (χ2v) is 7.76. The van der Waals surface area contributed by atoms with Gasteiger partial charge in [0.25, 0.3) is 0 Å². The molecule has 0 spiro atoms. The van der Waals surface area contributed by atoms with Gasteiger partial charge in [-0.3, -0.25) is 4.79 Å². The fourth-order valence-electron chi connectivity index (χ4n) is 4.94. The van der Waals surface area contributed by atoms with Crippen molar-refractivity contribution >= 4 is 16.9 Å². The number of hydrogen-bond acceptors (Lipinski definition) is 3. The lowest BCUT2D eigenvalue weighted by molar-refractivity contribution is -0.143. The Bertz CT molecular complexity index is 766. The Morgan fingerprint density at radius 3 is 2.92 bits per heavy atom. The van der Waals surface area contributed by atoms with Crippen molar-refractivity contribution in [2.75, 3.05) is 26.7 Å². The summed E-state index contributed by atoms with van der Waals surface area (Å²) in [5.74, 6) is 1.05. The van der Waals surface area contributed by atoms with Crippen molar-refractivity contribution in [3.63, 3.8) is 0 Å². The van der Waals surface area contributed by atoms with Crippen LogP contribution in [0, 0.1) is 11.8 Å². The first-order chi connectivity index (χ1) is 12.2. The lowest BCUT2D eigenvalue weighted by Crippen LogP contribution is -2.41. The number of H-pyrrole nitrogens is 1. The summed E-state index contributed by atoms with van der Waals surface area (Å²) in [6.45, 7) is 5.69. The Balaban J connectivity index is 1.78. The van der Waals surface area contributed by atoms with E-state index in [2.05, 4.69) is 41.1 Å². The van der Waals surface area contributed by atoms with E-state index in [1.165, 1.54) is 37.4 Å². The van der Waals surface area contributed by atoms with Gasteiger partial charge >= 0.3 is 5.97 Å². The molecule has 1 aromatic carbocycles. The largest absolute Gasteiger partial charge is 0.469 e. The number of benzene rings is 1. The molecule has 134 valence electrons. The molecule has 2 aromatic rings. The Labute approximate surface area is 149 Å². The maximum Gasteiger partial charge on any atom is 0.314 e. The van der Waals surface area contributed by atoms with Crippen LogP contribution in [0.2, 0.25) is 0 Å². The van der Waals surface area contributed by atoms with Gasteiger partial charge in [0.15, 0.2) is 0 Å². The molecule has 2 aliphatic rings. The van der Waals surface area contributed by atoms with E-state index in [1.807, 2.05) is 0 Å². The summed E-state index contributed by atoms with van der Waals surface area (Å²) >= 11 is 0. The van der Waals surface area contributed by atoms with Gasteiger partial charge in [0, 0.05) is 36.2 Å². The van der Waals surface area contributed by atoms with E-state index >= 15 is 0 Å². The van der Waals surface area contributed by atoms with Gasteiger partial charge in [0.2, 0.25) is 0 Å². The molecular weight excluding hydrogens is 312 g/mol. The minimum atomic E-state index is -0.173. The SMILES string of the molecule is CCC1C[C@@H]2C[C@@H](C(=O)OC)c3[nH]c4ccccc4c3CCN(C1)C2. The van der Waals surface area contributed by atoms with Crippen LogP contribution in [0.15, 0.2) is 24.3 Å². The molecule has 4 atom stereocenters. The molecule has 0 amide bonds. The fourth-order valence-corrected chi connectivity index (χ4v) is 4.94. The standard InChI is InChI=1S/C21H28N2O2/c1-3-14-10-15-11-18(21(24)25-2)20-17(8-9-23(12-14)13-15)16-6-4-5-7-19(16)22-20/h4-7,14-15,18,22H,3,8-13H2,1-2H3/t14?,15-,18-/m1/s1. The number of nitrogens with zero attached hydrogens (tertiary/aromatic N) is 1. The molecule has 1 N–H and O–H groups in total. The highest BCUT2D eigenvalue weighted by Crippen LogP contribution is 2.38. The molecule has 2 aliphatic heterocycles. The maximum absolute atomic E-state index is 12.6. The number of methoxy groups -OCH3 is 1. The van der Waals surface area contributed by atoms with Crippen LogP contribution in [0.5, 0.6) is 0 Å². The first kappa shape index (κ1) is 16.6. The average Bonchev–Trinajstić information content (AvgIpc) is 3.02. The zero-order chi connectivity index (χ0) is 17.4. The number of fused-ring (bicyclic) bond motifs is 5. The molecule has 4 rings (SSSR count). The molecule has 4 nitrogen and oxygen atoms in total. The second-order valence-electron chi connectivity index (χ2n) is 7.76. The highest BCUT2D eigenvalue weighted by molar-refractivity contribution is 5.88. The topological polar surface area (TPSA) is 45.3 Å². The number of ether oxygens (including phenoxy) is 1. The van der Waals surface area contributed by atoms with Gasteiger partial charge < -0.3 is 14.6 Å². The zero-order valence-electron chi connectivity index (χ0n) is 15.3. The number of piperidine rings is 1. The third-order valence-corrected chi connectivity index (χ3v) is 6.20. The van der Waals surface area contributed by atoms with Gasteiger partial charge in [-0.25, -0.2) is 0 Å². The molecule has 3 heterocycles. The van der Waals surface area contributed by atoms with Crippen LogP contribution in [0.25, 0.3) is 10.9 Å². The molecule has 1 saturated heterocycles. The first-order valence-electron chi connectivity index (χ1n) is 9.59. The number of nitrogens with one attached hydrogen (secondary N) is 1. The minimum absolute atomic E-state index is 0.0973. The number of carbonyl (C=O) groups excluding carboxylic acids is 1. The van der Waals surface area contributed by atoms with E-state index in [-0.39, 0.29) is 11.9 Å². The average molecular weight is 340 g/mol. The summed E-state index contributed by atoms with van der Waals surface area (Å²) in [4.78, 5) is 18.8. The highest BCUT2D eigenvalue weighted by Gasteiger charge is 2.35. The van der Waals surface area contributed by atoms with Crippen molar-refractivity contribution in [2.45, 2.75) is 38.5 Å². The predicted molar refractivity (Wildman–Crippen MR) is 99.7 cm³/mol. The van der Waals surface area contributed by atoms with Gasteiger partial charge in [-0.2, -0.15) is 0 Å².